The summed E-state index contributed by atoms with van der Waals surface area (Å²) in [7, 11) is 1.83. The first-order chi connectivity index (χ1) is 7.46. The average Bonchev–Trinajstić information content (AvgIpc) is 2.27. The Hall–Kier alpha value is -0.640. The van der Waals surface area contributed by atoms with Gasteiger partial charge >= 0.3 is 0 Å². The minimum Gasteiger partial charge on any atom is -0.392 e. The Labute approximate surface area is 104 Å². The van der Waals surface area contributed by atoms with Crippen molar-refractivity contribution in [3.63, 3.8) is 0 Å². The monoisotopic (exact) mass is 244 g/mol. The molecule has 94 valence electrons. The van der Waals surface area contributed by atoms with Crippen LogP contribution in [0.25, 0.3) is 0 Å². The number of carbonyl (C=O) groups excluding carboxylic acids is 1. The number of rotatable bonds is 7. The Morgan fingerprint density at radius 3 is 2.12 bits per heavy atom. The zero-order chi connectivity index (χ0) is 12.8. The number of nitrogens with two attached hydrogens (primary N) is 1. The van der Waals surface area contributed by atoms with Crippen molar-refractivity contribution < 1.29 is 4.79 Å². The van der Waals surface area contributed by atoms with Crippen LogP contribution in [0.2, 0.25) is 0 Å². The lowest BCUT2D eigenvalue weighted by Gasteiger charge is -2.33. The molecule has 0 heterocycles. The summed E-state index contributed by atoms with van der Waals surface area (Å²) in [6.07, 6.45) is 3.45. The fourth-order valence-corrected chi connectivity index (χ4v) is 2.24. The van der Waals surface area contributed by atoms with Crippen LogP contribution < -0.4 is 5.73 Å². The molecule has 1 amide bonds. The van der Waals surface area contributed by atoms with Crippen molar-refractivity contribution in [1.82, 2.24) is 4.90 Å². The summed E-state index contributed by atoms with van der Waals surface area (Å²) < 4.78 is 0. The van der Waals surface area contributed by atoms with E-state index in [0.717, 1.165) is 19.4 Å². The summed E-state index contributed by atoms with van der Waals surface area (Å²) in [6, 6.07) is 0. The SMILES string of the molecule is CCCCN(C)C(=O)C(CC)(CC)C(N)=S. The van der Waals surface area contributed by atoms with Crippen LogP contribution in [-0.4, -0.2) is 29.4 Å². The number of thiocarbonyl (C=S) groups is 1. The van der Waals surface area contributed by atoms with Gasteiger partial charge < -0.3 is 10.6 Å². The summed E-state index contributed by atoms with van der Waals surface area (Å²) in [4.78, 5) is 14.4. The van der Waals surface area contributed by atoms with E-state index in [9.17, 15) is 4.79 Å². The third-order valence-electron chi connectivity index (χ3n) is 3.28. The fraction of sp³-hybridized carbons (Fsp3) is 0.833. The molecule has 0 aromatic rings. The Bertz CT molecular complexity index is 249. The van der Waals surface area contributed by atoms with Gasteiger partial charge in [0.15, 0.2) is 0 Å². The molecule has 3 nitrogen and oxygen atoms in total. The molecule has 2 N–H and O–H groups in total. The second kappa shape index (κ2) is 6.84. The molecule has 0 atom stereocenters. The predicted molar refractivity (Wildman–Crippen MR) is 72.3 cm³/mol. The number of hydrogen-bond acceptors (Lipinski definition) is 2. The van der Waals surface area contributed by atoms with Crippen LogP contribution in [0, 0.1) is 5.41 Å². The van der Waals surface area contributed by atoms with Crippen LogP contribution in [0.15, 0.2) is 0 Å². The quantitative estimate of drug-likeness (QED) is 0.699. The van der Waals surface area contributed by atoms with E-state index >= 15 is 0 Å². The summed E-state index contributed by atoms with van der Waals surface area (Å²) in [5, 5.41) is 0. The van der Waals surface area contributed by atoms with Gasteiger partial charge in [0.1, 0.15) is 0 Å². The van der Waals surface area contributed by atoms with E-state index in [1.54, 1.807) is 4.90 Å². The normalized spacial score (nSPS) is 11.2. The van der Waals surface area contributed by atoms with E-state index in [4.69, 9.17) is 18.0 Å². The highest BCUT2D eigenvalue weighted by atomic mass is 32.1. The Morgan fingerprint density at radius 1 is 1.31 bits per heavy atom. The number of carbonyl (C=O) groups is 1. The molecule has 0 rings (SSSR count). The fourth-order valence-electron chi connectivity index (χ4n) is 1.87. The number of amides is 1. The van der Waals surface area contributed by atoms with Crippen LogP contribution in [-0.2, 0) is 4.79 Å². The van der Waals surface area contributed by atoms with E-state index in [1.807, 2.05) is 20.9 Å². The van der Waals surface area contributed by atoms with Gasteiger partial charge in [-0.1, -0.05) is 39.4 Å². The lowest BCUT2D eigenvalue weighted by Crippen LogP contribution is -2.49. The van der Waals surface area contributed by atoms with E-state index in [0.29, 0.717) is 17.8 Å². The molecule has 0 saturated heterocycles. The number of unbranched alkanes of at least 4 members (excludes halogenated alkanes) is 1. The molecule has 16 heavy (non-hydrogen) atoms. The van der Waals surface area contributed by atoms with Gasteiger partial charge in [-0.25, -0.2) is 0 Å². The maximum atomic E-state index is 12.3. The summed E-state index contributed by atoms with van der Waals surface area (Å²) in [5.41, 5.74) is 5.10. The smallest absolute Gasteiger partial charge is 0.235 e. The molecular formula is C12H24N2OS. The van der Waals surface area contributed by atoms with Crippen molar-refractivity contribution in [2.24, 2.45) is 11.1 Å². The molecule has 0 fully saturated rings. The molecule has 0 aromatic carbocycles. The molecule has 4 heteroatoms. The average molecular weight is 244 g/mol. The number of hydrogen-bond donors (Lipinski definition) is 1. The molecule has 0 radical (unpaired) electrons. The van der Waals surface area contributed by atoms with Gasteiger partial charge in [0, 0.05) is 13.6 Å². The van der Waals surface area contributed by atoms with Gasteiger partial charge in [-0.05, 0) is 19.3 Å². The first kappa shape index (κ1) is 15.4. The van der Waals surface area contributed by atoms with Crippen LogP contribution in [0.5, 0.6) is 0 Å². The Balaban J connectivity index is 4.80. The van der Waals surface area contributed by atoms with E-state index in [1.165, 1.54) is 0 Å². The van der Waals surface area contributed by atoms with Crippen LogP contribution in [0.3, 0.4) is 0 Å². The van der Waals surface area contributed by atoms with Crippen LogP contribution in [0.1, 0.15) is 46.5 Å². The van der Waals surface area contributed by atoms with E-state index in [2.05, 4.69) is 6.92 Å². The van der Waals surface area contributed by atoms with Crippen molar-refractivity contribution in [3.8, 4) is 0 Å². The molecule has 0 aliphatic rings. The third-order valence-corrected chi connectivity index (χ3v) is 3.67. The van der Waals surface area contributed by atoms with E-state index in [-0.39, 0.29) is 5.91 Å². The van der Waals surface area contributed by atoms with Crippen LogP contribution in [0.4, 0.5) is 0 Å². The molecule has 0 spiro atoms. The summed E-state index contributed by atoms with van der Waals surface area (Å²) in [6.45, 7) is 6.82. The maximum Gasteiger partial charge on any atom is 0.235 e. The molecular weight excluding hydrogens is 220 g/mol. The summed E-state index contributed by atoms with van der Waals surface area (Å²) in [5.74, 6) is 0.0680. The molecule has 0 aliphatic carbocycles. The first-order valence-corrected chi connectivity index (χ1v) is 6.42. The second-order valence-electron chi connectivity index (χ2n) is 4.23. The maximum absolute atomic E-state index is 12.3. The van der Waals surface area contributed by atoms with Crippen molar-refractivity contribution in [3.05, 3.63) is 0 Å². The highest BCUT2D eigenvalue weighted by Crippen LogP contribution is 2.29. The standard InChI is InChI=1S/C12H24N2OS/c1-5-8-9-14(4)11(15)12(6-2,7-3)10(13)16/h5-9H2,1-4H3,(H2,13,16). The molecule has 0 unspecified atom stereocenters. The minimum absolute atomic E-state index is 0.0680. The third kappa shape index (κ3) is 3.17. The van der Waals surface area contributed by atoms with Crippen molar-refractivity contribution in [2.45, 2.75) is 46.5 Å². The molecule has 0 saturated carbocycles. The molecule has 0 aromatic heterocycles. The zero-order valence-corrected chi connectivity index (χ0v) is 11.7. The largest absolute Gasteiger partial charge is 0.392 e. The van der Waals surface area contributed by atoms with Gasteiger partial charge in [0.2, 0.25) is 5.91 Å². The lowest BCUT2D eigenvalue weighted by atomic mass is 9.81. The highest BCUT2D eigenvalue weighted by Gasteiger charge is 2.39. The van der Waals surface area contributed by atoms with Gasteiger partial charge in [-0.15, -0.1) is 0 Å². The Morgan fingerprint density at radius 2 is 1.81 bits per heavy atom. The zero-order valence-electron chi connectivity index (χ0n) is 10.9. The van der Waals surface area contributed by atoms with Crippen LogP contribution >= 0.6 is 12.2 Å². The first-order valence-electron chi connectivity index (χ1n) is 6.01. The van der Waals surface area contributed by atoms with Gasteiger partial charge in [-0.3, -0.25) is 4.79 Å². The van der Waals surface area contributed by atoms with Crippen molar-refractivity contribution >= 4 is 23.1 Å². The van der Waals surface area contributed by atoms with E-state index < -0.39 is 5.41 Å². The van der Waals surface area contributed by atoms with Crippen molar-refractivity contribution in [1.29, 1.82) is 0 Å². The molecule has 0 bridgehead atoms. The predicted octanol–water partition coefficient (Wildman–Crippen LogP) is 2.34. The van der Waals surface area contributed by atoms with Crippen molar-refractivity contribution in [2.75, 3.05) is 13.6 Å². The molecule has 0 aliphatic heterocycles. The topological polar surface area (TPSA) is 46.3 Å². The number of nitrogens with zero attached hydrogens (tertiary/aromatic N) is 1. The van der Waals surface area contributed by atoms with Gasteiger partial charge in [-0.2, -0.15) is 0 Å². The second-order valence-corrected chi connectivity index (χ2v) is 4.67. The van der Waals surface area contributed by atoms with Gasteiger partial charge in [0.05, 0.1) is 10.4 Å². The highest BCUT2D eigenvalue weighted by molar-refractivity contribution is 7.80. The van der Waals surface area contributed by atoms with Gasteiger partial charge in [0.25, 0.3) is 0 Å². The minimum atomic E-state index is -0.641. The summed E-state index contributed by atoms with van der Waals surface area (Å²) >= 11 is 5.07. The Kier molecular flexibility index (Phi) is 6.56. The lowest BCUT2D eigenvalue weighted by molar-refractivity contribution is -0.137.